The Bertz CT molecular complexity index is 1250. The molecule has 4 rings (SSSR count). The van der Waals surface area contributed by atoms with E-state index in [0.717, 1.165) is 22.2 Å². The molecule has 0 bridgehead atoms. The Morgan fingerprint density at radius 2 is 1.95 bits per heavy atom. The number of rotatable bonds is 7. The zero-order valence-corrected chi connectivity index (χ0v) is 22.3. The van der Waals surface area contributed by atoms with Crippen LogP contribution in [0.5, 0.6) is 11.5 Å². The van der Waals surface area contributed by atoms with E-state index >= 15 is 0 Å². The molecule has 0 radical (unpaired) electrons. The van der Waals surface area contributed by atoms with Gasteiger partial charge in [0.05, 0.1) is 19.2 Å². The highest BCUT2D eigenvalue weighted by Gasteiger charge is 2.58. The van der Waals surface area contributed by atoms with Gasteiger partial charge in [0.15, 0.2) is 5.78 Å². The summed E-state index contributed by atoms with van der Waals surface area (Å²) in [5.74, 6) is 0.662. The van der Waals surface area contributed by atoms with Gasteiger partial charge >= 0.3 is 6.09 Å². The maximum absolute atomic E-state index is 13.4. The van der Waals surface area contributed by atoms with Gasteiger partial charge in [-0.3, -0.25) is 19.5 Å². The summed E-state index contributed by atoms with van der Waals surface area (Å²) < 4.78 is 17.4. The third-order valence-electron chi connectivity index (χ3n) is 7.06. The molecule has 4 atom stereocenters. The number of methoxy groups -OCH3 is 1. The molecule has 0 unspecified atom stereocenters. The summed E-state index contributed by atoms with van der Waals surface area (Å²) in [7, 11) is 1.61. The smallest absolute Gasteiger partial charge is 0.411 e. The molecule has 2 fully saturated rings. The van der Waals surface area contributed by atoms with E-state index in [0.29, 0.717) is 12.2 Å². The van der Waals surface area contributed by atoms with Crippen molar-refractivity contribution in [3.63, 3.8) is 0 Å². The van der Waals surface area contributed by atoms with E-state index in [1.807, 2.05) is 19.1 Å². The number of fused-ring (bicyclic) bond motifs is 1. The third-order valence-corrected chi connectivity index (χ3v) is 7.06. The number of hydrogen-bond donors (Lipinski definition) is 1. The fourth-order valence-corrected chi connectivity index (χ4v) is 4.99. The number of Topliss-reactive ketones (excluding diaryl/α,β-unsaturated/α-hetero) is 1. The van der Waals surface area contributed by atoms with Crippen molar-refractivity contribution in [1.29, 1.82) is 0 Å². The number of benzene rings is 1. The number of nitrogens with zero attached hydrogens (tertiary/aromatic N) is 2. The maximum atomic E-state index is 13.4. The van der Waals surface area contributed by atoms with Crippen molar-refractivity contribution in [2.24, 2.45) is 5.92 Å². The molecule has 37 heavy (non-hydrogen) atoms. The lowest BCUT2D eigenvalue weighted by molar-refractivity contribution is -0.130. The number of pyridine rings is 1. The van der Waals surface area contributed by atoms with Crippen LogP contribution in [0.2, 0.25) is 0 Å². The second kappa shape index (κ2) is 9.68. The topological polar surface area (TPSA) is 107 Å². The van der Waals surface area contributed by atoms with E-state index in [9.17, 15) is 14.4 Å². The zero-order chi connectivity index (χ0) is 27.1. The van der Waals surface area contributed by atoms with Gasteiger partial charge in [-0.25, -0.2) is 4.79 Å². The van der Waals surface area contributed by atoms with Gasteiger partial charge in [-0.05, 0) is 59.2 Å². The maximum Gasteiger partial charge on any atom is 0.411 e. The first-order chi connectivity index (χ1) is 17.4. The molecule has 1 N–H and O–H groups in total. The number of likely N-dealkylation sites (tertiary alicyclic amines) is 1. The molecule has 0 spiro atoms. The average molecular weight is 510 g/mol. The molecule has 9 nitrogen and oxygen atoms in total. The van der Waals surface area contributed by atoms with Crippen molar-refractivity contribution >= 4 is 28.7 Å². The highest BCUT2D eigenvalue weighted by molar-refractivity contribution is 5.97. The minimum atomic E-state index is -0.963. The van der Waals surface area contributed by atoms with Gasteiger partial charge in [0.2, 0.25) is 5.91 Å². The van der Waals surface area contributed by atoms with Gasteiger partial charge in [-0.15, -0.1) is 6.58 Å². The first-order valence-electron chi connectivity index (χ1n) is 12.4. The number of carbonyl (C=O) groups excluding carboxylic acids is 3. The van der Waals surface area contributed by atoms with Crippen LogP contribution in [0.15, 0.2) is 37.1 Å². The minimum Gasteiger partial charge on any atom is -0.496 e. The van der Waals surface area contributed by atoms with Crippen molar-refractivity contribution in [2.45, 2.75) is 70.7 Å². The van der Waals surface area contributed by atoms with Gasteiger partial charge in [-0.1, -0.05) is 6.08 Å². The van der Waals surface area contributed by atoms with Crippen LogP contribution in [0.3, 0.4) is 0 Å². The van der Waals surface area contributed by atoms with Gasteiger partial charge in [0.1, 0.15) is 34.8 Å². The Balaban J connectivity index is 1.60. The number of aryl methyl sites for hydroxylation is 1. The van der Waals surface area contributed by atoms with Gasteiger partial charge in [0.25, 0.3) is 0 Å². The number of aromatic nitrogens is 1. The molecule has 1 aromatic heterocycles. The summed E-state index contributed by atoms with van der Waals surface area (Å²) in [6.07, 6.45) is 3.01. The number of ether oxygens (including phenoxy) is 3. The monoisotopic (exact) mass is 509 g/mol. The number of amides is 2. The van der Waals surface area contributed by atoms with Gasteiger partial charge in [0, 0.05) is 29.5 Å². The molecule has 2 amide bonds. The first kappa shape index (κ1) is 26.4. The predicted molar refractivity (Wildman–Crippen MR) is 139 cm³/mol. The molecule has 2 aliphatic rings. The summed E-state index contributed by atoms with van der Waals surface area (Å²) in [5.41, 5.74) is -0.0594. The predicted octanol–water partition coefficient (Wildman–Crippen LogP) is 3.96. The second-order valence-electron chi connectivity index (χ2n) is 10.8. The van der Waals surface area contributed by atoms with Gasteiger partial charge in [-0.2, -0.15) is 0 Å². The fraction of sp³-hybridized carbons (Fsp3) is 0.500. The number of nitrogens with one attached hydrogen (secondary N) is 1. The van der Waals surface area contributed by atoms with Crippen LogP contribution in [0.4, 0.5) is 4.79 Å². The van der Waals surface area contributed by atoms with Crippen LogP contribution in [0.1, 0.15) is 46.1 Å². The highest BCUT2D eigenvalue weighted by Crippen LogP contribution is 2.45. The lowest BCUT2D eigenvalue weighted by Crippen LogP contribution is -2.53. The van der Waals surface area contributed by atoms with Crippen molar-refractivity contribution in [3.8, 4) is 11.5 Å². The molecule has 2 aromatic rings. The molecule has 1 saturated carbocycles. The second-order valence-corrected chi connectivity index (χ2v) is 10.8. The molecule has 1 saturated heterocycles. The van der Waals surface area contributed by atoms with Crippen LogP contribution in [-0.2, 0) is 14.3 Å². The molecule has 198 valence electrons. The van der Waals surface area contributed by atoms with E-state index in [4.69, 9.17) is 14.2 Å². The quantitative estimate of drug-likeness (QED) is 0.563. The SMILES string of the molecule is C=C[C@@H]1C[C@]1(NC(=O)[C@@H]1C[C@@H](Oc2ccnc3c(C)c(OC)ccc23)CN1C(=O)OC(C)(C)C)C(C)=O. The largest absolute Gasteiger partial charge is 0.496 e. The molecule has 1 aliphatic carbocycles. The lowest BCUT2D eigenvalue weighted by Gasteiger charge is -2.28. The molecule has 9 heteroatoms. The minimum absolute atomic E-state index is 0.124. The molecular formula is C28H35N3O6. The Morgan fingerprint density at radius 3 is 2.54 bits per heavy atom. The summed E-state index contributed by atoms with van der Waals surface area (Å²) in [4.78, 5) is 44.8. The van der Waals surface area contributed by atoms with Crippen molar-refractivity contribution in [2.75, 3.05) is 13.7 Å². The highest BCUT2D eigenvalue weighted by atomic mass is 16.6. The normalized spacial score (nSPS) is 24.9. The zero-order valence-electron chi connectivity index (χ0n) is 22.3. The van der Waals surface area contributed by atoms with E-state index in [1.54, 1.807) is 46.2 Å². The molecule has 1 aliphatic heterocycles. The van der Waals surface area contributed by atoms with Crippen molar-refractivity contribution in [3.05, 3.63) is 42.6 Å². The third kappa shape index (κ3) is 5.12. The van der Waals surface area contributed by atoms with Gasteiger partial charge < -0.3 is 19.5 Å². The molecule has 2 heterocycles. The van der Waals surface area contributed by atoms with Crippen LogP contribution in [0, 0.1) is 12.8 Å². The summed E-state index contributed by atoms with van der Waals surface area (Å²) in [6, 6.07) is 4.66. The van der Waals surface area contributed by atoms with Crippen LogP contribution >= 0.6 is 0 Å². The van der Waals surface area contributed by atoms with Crippen LogP contribution < -0.4 is 14.8 Å². The fourth-order valence-electron chi connectivity index (χ4n) is 4.99. The van der Waals surface area contributed by atoms with E-state index < -0.39 is 35.3 Å². The Morgan fingerprint density at radius 1 is 1.22 bits per heavy atom. The van der Waals surface area contributed by atoms with E-state index in [1.165, 1.54) is 11.8 Å². The summed E-state index contributed by atoms with van der Waals surface area (Å²) >= 11 is 0. The van der Waals surface area contributed by atoms with E-state index in [2.05, 4.69) is 16.9 Å². The Hall–Kier alpha value is -3.62. The Kier molecular flexibility index (Phi) is 6.92. The van der Waals surface area contributed by atoms with Crippen molar-refractivity contribution < 1.29 is 28.6 Å². The van der Waals surface area contributed by atoms with Crippen LogP contribution in [0.25, 0.3) is 10.9 Å². The standard InChI is InChI=1S/C28H35N3O6/c1-8-18-14-28(18,17(3)32)30-25(33)21-13-19(15-31(21)26(34)37-27(4,5)6)36-23-11-12-29-24-16(2)22(35-7)10-9-20(23)24/h8-12,18-19,21H,1,13-15H2,2-7H3,(H,30,33)/t18-,19-,21+,28+/m1/s1. The Labute approximate surface area is 217 Å². The molecular weight excluding hydrogens is 474 g/mol. The van der Waals surface area contributed by atoms with Crippen LogP contribution in [-0.4, -0.2) is 64.6 Å². The first-order valence-corrected chi connectivity index (χ1v) is 12.4. The molecule has 1 aromatic carbocycles. The number of hydrogen-bond acceptors (Lipinski definition) is 7. The van der Waals surface area contributed by atoms with Crippen molar-refractivity contribution in [1.82, 2.24) is 15.2 Å². The summed E-state index contributed by atoms with van der Waals surface area (Å²) in [6.45, 7) is 12.6. The number of ketones is 1. The lowest BCUT2D eigenvalue weighted by atomic mass is 10.1. The van der Waals surface area contributed by atoms with E-state index in [-0.39, 0.29) is 24.7 Å². The summed E-state index contributed by atoms with van der Waals surface area (Å²) in [5, 5.41) is 3.71. The average Bonchev–Trinajstić information content (AvgIpc) is 3.38. The number of carbonyl (C=O) groups is 3.